The van der Waals surface area contributed by atoms with E-state index in [0.29, 0.717) is 11.4 Å². The van der Waals surface area contributed by atoms with E-state index in [2.05, 4.69) is 16.0 Å². The lowest BCUT2D eigenvalue weighted by molar-refractivity contribution is 1.06. The van der Waals surface area contributed by atoms with Gasteiger partial charge in [0.15, 0.2) is 0 Å². The summed E-state index contributed by atoms with van der Waals surface area (Å²) in [4.78, 5) is 8.16. The van der Waals surface area contributed by atoms with Gasteiger partial charge in [-0.2, -0.15) is 5.26 Å². The van der Waals surface area contributed by atoms with Crippen LogP contribution in [0.5, 0.6) is 0 Å². The van der Waals surface area contributed by atoms with Crippen LogP contribution < -0.4 is 5.73 Å². The number of nitrogens with zero attached hydrogens (tertiary/aromatic N) is 4. The molecule has 5 nitrogen and oxygen atoms in total. The standard InChI is InChI=1S/C15H11N5/c16-8-11-2-1-3-13(6-11)20-10-18-9-14(20)12-4-5-19-15(17)7-12/h1-7,9-10H,(H2,17,19). The van der Waals surface area contributed by atoms with Crippen LogP contribution in [0.15, 0.2) is 55.1 Å². The normalized spacial score (nSPS) is 10.2. The summed E-state index contributed by atoms with van der Waals surface area (Å²) in [6.07, 6.45) is 5.13. The van der Waals surface area contributed by atoms with E-state index in [1.165, 1.54) is 0 Å². The van der Waals surface area contributed by atoms with Gasteiger partial charge in [0.2, 0.25) is 0 Å². The van der Waals surface area contributed by atoms with Crippen LogP contribution in [-0.4, -0.2) is 14.5 Å². The van der Waals surface area contributed by atoms with Crippen molar-refractivity contribution in [1.82, 2.24) is 14.5 Å². The second kappa shape index (κ2) is 4.86. The van der Waals surface area contributed by atoms with Gasteiger partial charge in [-0.1, -0.05) is 6.07 Å². The third-order valence-electron chi connectivity index (χ3n) is 2.97. The van der Waals surface area contributed by atoms with Gasteiger partial charge in [-0.3, -0.25) is 4.57 Å². The van der Waals surface area contributed by atoms with Crippen LogP contribution in [0.4, 0.5) is 5.82 Å². The quantitative estimate of drug-likeness (QED) is 0.768. The number of benzene rings is 1. The molecule has 2 heterocycles. The highest BCUT2D eigenvalue weighted by Crippen LogP contribution is 2.23. The van der Waals surface area contributed by atoms with E-state index in [0.717, 1.165) is 16.9 Å². The molecule has 0 fully saturated rings. The molecule has 0 amide bonds. The zero-order valence-electron chi connectivity index (χ0n) is 10.6. The van der Waals surface area contributed by atoms with E-state index in [1.54, 1.807) is 30.9 Å². The molecule has 3 rings (SSSR count). The van der Waals surface area contributed by atoms with Gasteiger partial charge in [0.1, 0.15) is 5.82 Å². The van der Waals surface area contributed by atoms with Gasteiger partial charge in [-0.15, -0.1) is 0 Å². The van der Waals surface area contributed by atoms with E-state index in [1.807, 2.05) is 28.8 Å². The third-order valence-corrected chi connectivity index (χ3v) is 2.97. The first kappa shape index (κ1) is 11.9. The highest BCUT2D eigenvalue weighted by molar-refractivity contribution is 5.64. The van der Waals surface area contributed by atoms with Crippen molar-refractivity contribution in [3.05, 3.63) is 60.7 Å². The molecule has 5 heteroatoms. The molecule has 2 aromatic heterocycles. The minimum absolute atomic E-state index is 0.459. The molecule has 0 aliphatic rings. The topological polar surface area (TPSA) is 80.5 Å². The van der Waals surface area contributed by atoms with Crippen molar-refractivity contribution < 1.29 is 0 Å². The van der Waals surface area contributed by atoms with Crippen molar-refractivity contribution in [3.63, 3.8) is 0 Å². The first-order chi connectivity index (χ1) is 9.78. The lowest BCUT2D eigenvalue weighted by atomic mass is 10.1. The van der Waals surface area contributed by atoms with Crippen LogP contribution in [0.3, 0.4) is 0 Å². The molecule has 0 aliphatic carbocycles. The second-order valence-corrected chi connectivity index (χ2v) is 4.28. The van der Waals surface area contributed by atoms with Crippen LogP contribution in [0, 0.1) is 11.3 Å². The van der Waals surface area contributed by atoms with Crippen molar-refractivity contribution in [2.75, 3.05) is 5.73 Å². The maximum Gasteiger partial charge on any atom is 0.123 e. The van der Waals surface area contributed by atoms with Gasteiger partial charge < -0.3 is 5.73 Å². The smallest absolute Gasteiger partial charge is 0.123 e. The average molecular weight is 261 g/mol. The molecular formula is C15H11N5. The van der Waals surface area contributed by atoms with Crippen molar-refractivity contribution in [2.24, 2.45) is 0 Å². The number of nitriles is 1. The zero-order chi connectivity index (χ0) is 13.9. The van der Waals surface area contributed by atoms with E-state index in [9.17, 15) is 0 Å². The summed E-state index contributed by atoms with van der Waals surface area (Å²) in [6, 6.07) is 13.2. The fourth-order valence-electron chi connectivity index (χ4n) is 2.05. The lowest BCUT2D eigenvalue weighted by Crippen LogP contribution is -1.97. The summed E-state index contributed by atoms with van der Waals surface area (Å²) in [7, 11) is 0. The molecule has 0 atom stereocenters. The Morgan fingerprint density at radius 1 is 1.20 bits per heavy atom. The van der Waals surface area contributed by atoms with Crippen LogP contribution in [0.2, 0.25) is 0 Å². The Morgan fingerprint density at radius 3 is 2.90 bits per heavy atom. The maximum absolute atomic E-state index is 8.98. The first-order valence-electron chi connectivity index (χ1n) is 6.03. The van der Waals surface area contributed by atoms with Crippen LogP contribution in [0.25, 0.3) is 16.9 Å². The molecule has 0 aliphatic heterocycles. The number of anilines is 1. The summed E-state index contributed by atoms with van der Waals surface area (Å²) in [5.74, 6) is 0.459. The van der Waals surface area contributed by atoms with E-state index >= 15 is 0 Å². The Morgan fingerprint density at radius 2 is 2.10 bits per heavy atom. The first-order valence-corrected chi connectivity index (χ1v) is 6.03. The Balaban J connectivity index is 2.13. The summed E-state index contributed by atoms with van der Waals surface area (Å²) in [5, 5.41) is 8.98. The zero-order valence-corrected chi connectivity index (χ0v) is 10.6. The lowest BCUT2D eigenvalue weighted by Gasteiger charge is -2.08. The SMILES string of the molecule is N#Cc1cccc(-n2cncc2-c2ccnc(N)c2)c1. The van der Waals surface area contributed by atoms with Gasteiger partial charge in [0.25, 0.3) is 0 Å². The largest absolute Gasteiger partial charge is 0.384 e. The number of aromatic nitrogens is 3. The minimum atomic E-state index is 0.459. The molecule has 2 N–H and O–H groups in total. The van der Waals surface area contributed by atoms with Crippen molar-refractivity contribution in [3.8, 4) is 23.0 Å². The van der Waals surface area contributed by atoms with E-state index < -0.39 is 0 Å². The molecule has 0 bridgehead atoms. The number of rotatable bonds is 2. The molecule has 0 radical (unpaired) electrons. The Hall–Kier alpha value is -3.13. The highest BCUT2D eigenvalue weighted by atomic mass is 15.0. The van der Waals surface area contributed by atoms with Gasteiger partial charge in [0.05, 0.1) is 29.9 Å². The second-order valence-electron chi connectivity index (χ2n) is 4.28. The molecule has 0 spiro atoms. The molecule has 3 aromatic rings. The summed E-state index contributed by atoms with van der Waals surface area (Å²) in [6.45, 7) is 0. The number of hydrogen-bond donors (Lipinski definition) is 1. The van der Waals surface area contributed by atoms with Crippen molar-refractivity contribution in [2.45, 2.75) is 0 Å². The van der Waals surface area contributed by atoms with Gasteiger partial charge >= 0.3 is 0 Å². The molecule has 0 saturated carbocycles. The van der Waals surface area contributed by atoms with Crippen molar-refractivity contribution >= 4 is 5.82 Å². The fraction of sp³-hybridized carbons (Fsp3) is 0. The molecule has 96 valence electrons. The molecule has 1 aromatic carbocycles. The van der Waals surface area contributed by atoms with E-state index in [4.69, 9.17) is 11.0 Å². The average Bonchev–Trinajstić information content (AvgIpc) is 2.97. The predicted octanol–water partition coefficient (Wildman–Crippen LogP) is 2.39. The molecule has 0 unspecified atom stereocenters. The van der Waals surface area contributed by atoms with E-state index in [-0.39, 0.29) is 0 Å². The number of hydrogen-bond acceptors (Lipinski definition) is 4. The fourth-order valence-corrected chi connectivity index (χ4v) is 2.05. The van der Waals surface area contributed by atoms with Gasteiger partial charge in [0, 0.05) is 17.4 Å². The van der Waals surface area contributed by atoms with Crippen LogP contribution in [0.1, 0.15) is 5.56 Å². The van der Waals surface area contributed by atoms with Gasteiger partial charge in [-0.25, -0.2) is 9.97 Å². The van der Waals surface area contributed by atoms with Gasteiger partial charge in [-0.05, 0) is 30.3 Å². The maximum atomic E-state index is 8.98. The Kier molecular flexibility index (Phi) is 2.90. The Labute approximate surface area is 116 Å². The summed E-state index contributed by atoms with van der Waals surface area (Å²) < 4.78 is 1.91. The monoisotopic (exact) mass is 261 g/mol. The van der Waals surface area contributed by atoms with Crippen molar-refractivity contribution in [1.29, 1.82) is 5.26 Å². The Bertz CT molecular complexity index is 798. The van der Waals surface area contributed by atoms with Crippen LogP contribution in [-0.2, 0) is 0 Å². The molecule has 20 heavy (non-hydrogen) atoms. The summed E-state index contributed by atoms with van der Waals surface area (Å²) >= 11 is 0. The third kappa shape index (κ3) is 2.10. The molecular weight excluding hydrogens is 250 g/mol. The number of pyridine rings is 1. The minimum Gasteiger partial charge on any atom is -0.384 e. The molecule has 0 saturated heterocycles. The summed E-state index contributed by atoms with van der Waals surface area (Å²) in [5.41, 5.74) is 9.03. The predicted molar refractivity (Wildman–Crippen MR) is 75.9 cm³/mol. The number of imidazole rings is 1. The number of nitrogens with two attached hydrogens (primary N) is 1. The van der Waals surface area contributed by atoms with Crippen LogP contribution >= 0.6 is 0 Å². The highest BCUT2D eigenvalue weighted by Gasteiger charge is 2.08. The number of nitrogen functional groups attached to an aromatic ring is 1.